The van der Waals surface area contributed by atoms with Crippen molar-refractivity contribution >= 4 is 23.3 Å². The minimum absolute atomic E-state index is 0.285. The molecule has 1 fully saturated rings. The number of hydrogen-bond acceptors (Lipinski definition) is 4. The van der Waals surface area contributed by atoms with E-state index >= 15 is 0 Å². The molecule has 18 heavy (non-hydrogen) atoms. The number of thioether (sulfide) groups is 1. The van der Waals surface area contributed by atoms with E-state index in [1.807, 2.05) is 23.5 Å². The molecule has 2 rings (SSSR count). The summed E-state index contributed by atoms with van der Waals surface area (Å²) >= 11 is 2.03. The number of hydrogen-bond donors (Lipinski definition) is 1. The summed E-state index contributed by atoms with van der Waals surface area (Å²) in [6.07, 6.45) is 0. The number of nitrogens with two attached hydrogens (primary N) is 1. The molecule has 0 saturated carbocycles. The molecule has 0 spiro atoms. The molecule has 0 amide bonds. The Hall–Kier alpha value is -0.840. The second kappa shape index (κ2) is 4.68. The summed E-state index contributed by atoms with van der Waals surface area (Å²) in [5, 5.41) is 4.58. The first kappa shape index (κ1) is 13.6. The number of nitrogens with zero attached hydrogens (tertiary/aromatic N) is 3. The van der Waals surface area contributed by atoms with E-state index < -0.39 is 0 Å². The van der Waals surface area contributed by atoms with Crippen LogP contribution in [-0.4, -0.2) is 33.4 Å². The summed E-state index contributed by atoms with van der Waals surface area (Å²) in [5.74, 6) is 2.61. The summed E-state index contributed by atoms with van der Waals surface area (Å²) in [4.78, 5) is 2.38. The highest BCUT2D eigenvalue weighted by molar-refractivity contribution is 8.00. The first-order chi connectivity index (χ1) is 8.32. The van der Waals surface area contributed by atoms with Crippen LogP contribution < -0.4 is 10.6 Å². The van der Waals surface area contributed by atoms with Crippen molar-refractivity contribution in [1.82, 2.24) is 9.78 Å². The van der Waals surface area contributed by atoms with Gasteiger partial charge in [-0.15, -0.1) is 0 Å². The van der Waals surface area contributed by atoms with Gasteiger partial charge in [-0.05, 0) is 19.8 Å². The fraction of sp³-hybridized carbons (Fsp3) is 0.769. The molecule has 0 unspecified atom stereocenters. The van der Waals surface area contributed by atoms with Crippen LogP contribution in [0.4, 0.5) is 11.5 Å². The minimum Gasteiger partial charge on any atom is -0.394 e. The first-order valence-electron chi connectivity index (χ1n) is 6.53. The molecular weight excluding hydrogens is 244 g/mol. The molecule has 0 radical (unpaired) electrons. The predicted molar refractivity (Wildman–Crippen MR) is 80.5 cm³/mol. The van der Waals surface area contributed by atoms with E-state index in [9.17, 15) is 0 Å². The molecule has 0 bridgehead atoms. The summed E-state index contributed by atoms with van der Waals surface area (Å²) in [5.41, 5.74) is 8.17. The van der Waals surface area contributed by atoms with Crippen LogP contribution in [0.2, 0.25) is 0 Å². The Morgan fingerprint density at radius 1 is 1.39 bits per heavy atom. The molecule has 0 atom stereocenters. The lowest BCUT2D eigenvalue weighted by Crippen LogP contribution is -2.44. The van der Waals surface area contributed by atoms with Crippen molar-refractivity contribution in [2.24, 2.45) is 7.05 Å². The zero-order valence-corrected chi connectivity index (χ0v) is 12.8. The molecule has 1 aromatic heterocycles. The Bertz CT molecular complexity index is 436. The molecule has 1 aliphatic rings. The van der Waals surface area contributed by atoms with Crippen molar-refractivity contribution in [3.63, 3.8) is 0 Å². The second-order valence-electron chi connectivity index (χ2n) is 5.93. The summed E-state index contributed by atoms with van der Waals surface area (Å²) in [7, 11) is 1.99. The van der Waals surface area contributed by atoms with E-state index in [1.165, 1.54) is 0 Å². The average molecular weight is 268 g/mol. The van der Waals surface area contributed by atoms with Gasteiger partial charge in [0.05, 0.1) is 11.4 Å². The Balaban J connectivity index is 2.33. The maximum Gasteiger partial charge on any atom is 0.150 e. The third kappa shape index (κ3) is 2.46. The van der Waals surface area contributed by atoms with Gasteiger partial charge in [0.2, 0.25) is 0 Å². The monoisotopic (exact) mass is 268 g/mol. The number of nitrogen functional groups attached to an aromatic ring is 1. The molecule has 0 aliphatic carbocycles. The smallest absolute Gasteiger partial charge is 0.150 e. The number of rotatable bonds is 2. The third-order valence-electron chi connectivity index (χ3n) is 3.35. The second-order valence-corrected chi connectivity index (χ2v) is 7.73. The molecule has 1 aliphatic heterocycles. The molecule has 102 valence electrons. The molecule has 2 N–H and O–H groups in total. The van der Waals surface area contributed by atoms with E-state index in [2.05, 4.69) is 37.7 Å². The van der Waals surface area contributed by atoms with Crippen LogP contribution >= 0.6 is 11.8 Å². The lowest BCUT2D eigenvalue weighted by molar-refractivity contribution is 0.619. The van der Waals surface area contributed by atoms with Gasteiger partial charge in [-0.3, -0.25) is 4.68 Å². The Morgan fingerprint density at radius 3 is 2.56 bits per heavy atom. The van der Waals surface area contributed by atoms with Crippen molar-refractivity contribution < 1.29 is 0 Å². The fourth-order valence-corrected chi connectivity index (χ4v) is 3.66. The lowest BCUT2D eigenvalue weighted by Gasteiger charge is -2.38. The largest absolute Gasteiger partial charge is 0.394 e. The van der Waals surface area contributed by atoms with Crippen molar-refractivity contribution in [1.29, 1.82) is 0 Å². The highest BCUT2D eigenvalue weighted by Gasteiger charge is 2.30. The summed E-state index contributed by atoms with van der Waals surface area (Å²) in [6, 6.07) is 0. The van der Waals surface area contributed by atoms with E-state index in [0.717, 1.165) is 36.0 Å². The van der Waals surface area contributed by atoms with Crippen molar-refractivity contribution in [2.75, 3.05) is 29.5 Å². The van der Waals surface area contributed by atoms with Gasteiger partial charge >= 0.3 is 0 Å². The summed E-state index contributed by atoms with van der Waals surface area (Å²) < 4.78 is 2.23. The number of aromatic nitrogens is 2. The van der Waals surface area contributed by atoms with Crippen LogP contribution in [0, 0.1) is 0 Å². The van der Waals surface area contributed by atoms with Crippen LogP contribution in [0.3, 0.4) is 0 Å². The normalized spacial score (nSPS) is 19.6. The van der Waals surface area contributed by atoms with Crippen LogP contribution in [0.25, 0.3) is 0 Å². The van der Waals surface area contributed by atoms with Gasteiger partial charge in [0.25, 0.3) is 0 Å². The molecule has 4 nitrogen and oxygen atoms in total. The zero-order chi connectivity index (χ0) is 13.5. The average Bonchev–Trinajstić information content (AvgIpc) is 2.53. The van der Waals surface area contributed by atoms with Gasteiger partial charge in [-0.1, -0.05) is 13.8 Å². The van der Waals surface area contributed by atoms with Crippen LogP contribution in [0.15, 0.2) is 0 Å². The highest BCUT2D eigenvalue weighted by atomic mass is 32.2. The lowest BCUT2D eigenvalue weighted by atomic mass is 10.1. The minimum atomic E-state index is 0.285. The van der Waals surface area contributed by atoms with Gasteiger partial charge in [-0.2, -0.15) is 16.9 Å². The van der Waals surface area contributed by atoms with Crippen LogP contribution in [-0.2, 0) is 7.05 Å². The highest BCUT2D eigenvalue weighted by Crippen LogP contribution is 2.36. The number of aryl methyl sites for hydroxylation is 1. The first-order valence-corrected chi connectivity index (χ1v) is 7.51. The van der Waals surface area contributed by atoms with Crippen molar-refractivity contribution in [3.8, 4) is 0 Å². The Morgan fingerprint density at radius 2 is 2.06 bits per heavy atom. The molecule has 1 saturated heterocycles. The molecule has 0 aromatic carbocycles. The van der Waals surface area contributed by atoms with Gasteiger partial charge < -0.3 is 10.6 Å². The van der Waals surface area contributed by atoms with E-state index in [0.29, 0.717) is 5.92 Å². The Labute approximate surface area is 114 Å². The topological polar surface area (TPSA) is 47.1 Å². The van der Waals surface area contributed by atoms with Gasteiger partial charge in [0.15, 0.2) is 0 Å². The molecular formula is C13H24N4S. The van der Waals surface area contributed by atoms with Gasteiger partial charge in [0, 0.05) is 30.6 Å². The van der Waals surface area contributed by atoms with Gasteiger partial charge in [0.1, 0.15) is 5.82 Å². The maximum absolute atomic E-state index is 6.29. The standard InChI is InChI=1S/C13H24N4S/c1-9(2)11-10(14)12(16(5)15-11)17-6-7-18-13(3,4)8-17/h9H,6-8,14H2,1-5H3. The Kier molecular flexibility index (Phi) is 3.54. The molecule has 2 heterocycles. The van der Waals surface area contributed by atoms with Crippen molar-refractivity contribution in [2.45, 2.75) is 38.4 Å². The molecule has 5 heteroatoms. The molecule has 1 aromatic rings. The maximum atomic E-state index is 6.29. The summed E-state index contributed by atoms with van der Waals surface area (Å²) in [6.45, 7) is 10.9. The van der Waals surface area contributed by atoms with Crippen LogP contribution in [0.5, 0.6) is 0 Å². The van der Waals surface area contributed by atoms with Gasteiger partial charge in [-0.25, -0.2) is 0 Å². The van der Waals surface area contributed by atoms with Crippen molar-refractivity contribution in [3.05, 3.63) is 5.69 Å². The third-order valence-corrected chi connectivity index (χ3v) is 4.65. The SMILES string of the molecule is CC(C)c1nn(C)c(N2CCSC(C)(C)C2)c1N. The quantitative estimate of drug-likeness (QED) is 0.895. The van der Waals surface area contributed by atoms with E-state index in [-0.39, 0.29) is 4.75 Å². The van der Waals surface area contributed by atoms with Crippen LogP contribution in [0.1, 0.15) is 39.3 Å². The van der Waals surface area contributed by atoms with E-state index in [1.54, 1.807) is 0 Å². The zero-order valence-electron chi connectivity index (χ0n) is 12.0. The predicted octanol–water partition coefficient (Wildman–Crippen LogP) is 2.46. The van der Waals surface area contributed by atoms with E-state index in [4.69, 9.17) is 5.73 Å². The fourth-order valence-electron chi connectivity index (χ4n) is 2.55. The number of anilines is 2.